The van der Waals surface area contributed by atoms with E-state index in [4.69, 9.17) is 22.5 Å². The summed E-state index contributed by atoms with van der Waals surface area (Å²) in [5, 5.41) is 3.03. The molecule has 0 aromatic carbocycles. The van der Waals surface area contributed by atoms with Gasteiger partial charge >= 0.3 is 0 Å². The Labute approximate surface area is 60.7 Å². The van der Waals surface area contributed by atoms with E-state index < -0.39 is 14.9 Å². The minimum atomic E-state index is -0.499. The highest BCUT2D eigenvalue weighted by Crippen LogP contribution is 2.62. The van der Waals surface area contributed by atoms with Gasteiger partial charge in [0, 0.05) is 13.0 Å². The second kappa shape index (κ2) is 2.96. The second-order valence-corrected chi connectivity index (χ2v) is 7.19. The Morgan fingerprint density at radius 3 is 2.38 bits per heavy atom. The van der Waals surface area contributed by atoms with E-state index in [2.05, 4.69) is 5.20 Å². The third-order valence-electron chi connectivity index (χ3n) is 0.820. The lowest BCUT2D eigenvalue weighted by atomic mass is 11.5. The summed E-state index contributed by atoms with van der Waals surface area (Å²) in [6, 6.07) is 0. The Kier molecular flexibility index (Phi) is 2.77. The molecule has 1 saturated heterocycles. The molecule has 1 heterocycles. The van der Waals surface area contributed by atoms with Crippen LogP contribution in [0.3, 0.4) is 0 Å². The van der Waals surface area contributed by atoms with Crippen molar-refractivity contribution in [3.8, 4) is 0 Å². The lowest BCUT2D eigenvalue weighted by Crippen LogP contribution is -2.15. The van der Waals surface area contributed by atoms with Gasteiger partial charge in [-0.15, -0.1) is 0 Å². The van der Waals surface area contributed by atoms with Crippen molar-refractivity contribution in [2.75, 3.05) is 13.0 Å². The molecule has 0 aliphatic carbocycles. The van der Waals surface area contributed by atoms with Crippen LogP contribution in [0.25, 0.3) is 0 Å². The molecule has 8 heavy (non-hydrogen) atoms. The normalized spacial score (nSPS) is 40.9. The number of hydrazine groups is 1. The van der Waals surface area contributed by atoms with E-state index in [0.29, 0.717) is 0 Å². The van der Waals surface area contributed by atoms with E-state index in [1.807, 2.05) is 11.8 Å². The largest absolute Gasteiger partial charge is 0.214 e. The number of hydrogen-bond acceptors (Lipinski definition) is 2. The molecule has 1 rings (SSSR count). The highest BCUT2D eigenvalue weighted by Gasteiger charge is 2.25. The summed E-state index contributed by atoms with van der Waals surface area (Å²) in [6.45, 7) is 0. The van der Waals surface area contributed by atoms with Gasteiger partial charge in [0.15, 0.2) is 0 Å². The van der Waals surface area contributed by atoms with Crippen LogP contribution in [0.4, 0.5) is 0 Å². The minimum Gasteiger partial charge on any atom is -0.214 e. The van der Waals surface area contributed by atoms with Crippen LogP contribution < -0.4 is 5.20 Å². The fourth-order valence-electron chi connectivity index (χ4n) is 0.435. The van der Waals surface area contributed by atoms with Crippen molar-refractivity contribution in [1.29, 1.82) is 0 Å². The van der Waals surface area contributed by atoms with Gasteiger partial charge in [-0.3, -0.25) is 0 Å². The number of nitrogens with zero attached hydrogens (tertiary/aromatic N) is 1. The van der Waals surface area contributed by atoms with Crippen LogP contribution in [0.15, 0.2) is 0 Å². The number of hydrogen-bond donors (Lipinski definition) is 1. The molecule has 0 saturated carbocycles. The first-order chi connectivity index (χ1) is 3.70. The Hall–Kier alpha value is 1.36. The van der Waals surface area contributed by atoms with Crippen LogP contribution in [0.5, 0.6) is 0 Å². The van der Waals surface area contributed by atoms with Gasteiger partial charge < -0.3 is 0 Å². The zero-order valence-electron chi connectivity index (χ0n) is 4.30. The molecule has 1 N–H and O–H groups in total. The number of rotatable bonds is 0. The second-order valence-electron chi connectivity index (χ2n) is 1.46. The lowest BCUT2D eigenvalue weighted by Gasteiger charge is -2.09. The van der Waals surface area contributed by atoms with Gasteiger partial charge in [0.25, 0.3) is 0 Å². The molecule has 0 radical (unpaired) electrons. The van der Waals surface area contributed by atoms with Gasteiger partial charge in [-0.25, -0.2) is 9.98 Å². The van der Waals surface area contributed by atoms with E-state index in [9.17, 15) is 0 Å². The summed E-state index contributed by atoms with van der Waals surface area (Å²) >= 11 is 11.6. The molecule has 0 spiro atoms. The molecule has 0 bridgehead atoms. The topological polar surface area (TPSA) is 15.3 Å². The highest BCUT2D eigenvalue weighted by atomic mass is 35.7. The average molecular weight is 191 g/mol. The summed E-state index contributed by atoms with van der Waals surface area (Å²) in [4.78, 5) is 0. The fourth-order valence-corrected chi connectivity index (χ4v) is 6.46. The van der Waals surface area contributed by atoms with Crippen LogP contribution in [0, 0.1) is 0 Å². The molecule has 1 aliphatic rings. The van der Waals surface area contributed by atoms with E-state index in [1.54, 1.807) is 0 Å². The lowest BCUT2D eigenvalue weighted by molar-refractivity contribution is 0.543. The SMILES string of the molecule is CN1NP(Cl)CP1Cl. The summed E-state index contributed by atoms with van der Waals surface area (Å²) in [7, 11) is 0.947. The molecular weight excluding hydrogens is 185 g/mol. The third-order valence-corrected chi connectivity index (χ3v) is 7.00. The Bertz CT molecular complexity index is 82.1. The molecule has 0 amide bonds. The zero-order valence-corrected chi connectivity index (χ0v) is 7.61. The standard InChI is InChI=1S/C2H6Cl2N2P2/c1-6-5-7(3)2-8(6)4/h5H,2H2,1H3. The van der Waals surface area contributed by atoms with E-state index in [0.717, 1.165) is 5.90 Å². The van der Waals surface area contributed by atoms with Crippen molar-refractivity contribution in [2.45, 2.75) is 0 Å². The molecule has 1 fully saturated rings. The van der Waals surface area contributed by atoms with Crippen LogP contribution >= 0.6 is 37.3 Å². The molecule has 0 aromatic heterocycles. The van der Waals surface area contributed by atoms with Crippen LogP contribution in [-0.4, -0.2) is 17.7 Å². The number of nitrogens with one attached hydrogen (secondary N) is 1. The summed E-state index contributed by atoms with van der Waals surface area (Å²) < 4.78 is 1.90. The van der Waals surface area contributed by atoms with Gasteiger partial charge in [-0.2, -0.15) is 0 Å². The Morgan fingerprint density at radius 2 is 2.25 bits per heavy atom. The first-order valence-electron chi connectivity index (χ1n) is 2.06. The van der Waals surface area contributed by atoms with Gasteiger partial charge in [0.2, 0.25) is 0 Å². The molecule has 2 unspecified atom stereocenters. The summed E-state index contributed by atoms with van der Waals surface area (Å²) in [5.74, 6) is 0.935. The van der Waals surface area contributed by atoms with Crippen molar-refractivity contribution in [1.82, 2.24) is 9.98 Å². The van der Waals surface area contributed by atoms with E-state index in [-0.39, 0.29) is 0 Å². The Morgan fingerprint density at radius 1 is 1.62 bits per heavy atom. The predicted octanol–water partition coefficient (Wildman–Crippen LogP) is 2.50. The molecule has 2 nitrogen and oxygen atoms in total. The highest BCUT2D eigenvalue weighted by molar-refractivity contribution is 7.98. The number of halogens is 2. The smallest absolute Gasteiger partial charge is 0.0834 e. The molecule has 6 heteroatoms. The van der Waals surface area contributed by atoms with Gasteiger partial charge in [0.05, 0.1) is 14.9 Å². The quantitative estimate of drug-likeness (QED) is 0.591. The van der Waals surface area contributed by atoms with E-state index >= 15 is 0 Å². The fraction of sp³-hybridized carbons (Fsp3) is 1.00. The van der Waals surface area contributed by atoms with Gasteiger partial charge in [-0.05, 0) is 0 Å². The zero-order chi connectivity index (χ0) is 6.15. The average Bonchev–Trinajstić information content (AvgIpc) is 1.85. The first kappa shape index (κ1) is 7.47. The van der Waals surface area contributed by atoms with Crippen LogP contribution in [0.2, 0.25) is 0 Å². The molecule has 48 valence electrons. The molecular formula is C2H6Cl2N2P2. The molecule has 2 atom stereocenters. The van der Waals surface area contributed by atoms with Crippen molar-refractivity contribution < 1.29 is 0 Å². The van der Waals surface area contributed by atoms with Crippen molar-refractivity contribution in [2.24, 2.45) is 0 Å². The maximum absolute atomic E-state index is 5.82. The predicted molar refractivity (Wildman–Crippen MR) is 41.3 cm³/mol. The monoisotopic (exact) mass is 190 g/mol. The van der Waals surface area contributed by atoms with Crippen molar-refractivity contribution in [3.63, 3.8) is 0 Å². The molecule has 1 aliphatic heterocycles. The Balaban J connectivity index is 2.39. The maximum Gasteiger partial charge on any atom is 0.0834 e. The third kappa shape index (κ3) is 1.67. The van der Waals surface area contributed by atoms with E-state index in [1.165, 1.54) is 0 Å². The maximum atomic E-state index is 5.82. The van der Waals surface area contributed by atoms with Crippen LogP contribution in [0.1, 0.15) is 0 Å². The van der Waals surface area contributed by atoms with Crippen LogP contribution in [-0.2, 0) is 0 Å². The summed E-state index contributed by atoms with van der Waals surface area (Å²) in [5.41, 5.74) is 0. The van der Waals surface area contributed by atoms with Gasteiger partial charge in [0.1, 0.15) is 0 Å². The van der Waals surface area contributed by atoms with Crippen molar-refractivity contribution >= 4 is 37.3 Å². The first-order valence-corrected chi connectivity index (χ1v) is 6.88. The summed E-state index contributed by atoms with van der Waals surface area (Å²) in [6.07, 6.45) is 0. The van der Waals surface area contributed by atoms with Crippen molar-refractivity contribution in [3.05, 3.63) is 0 Å². The molecule has 0 aromatic rings. The van der Waals surface area contributed by atoms with Gasteiger partial charge in [-0.1, -0.05) is 22.5 Å². The minimum absolute atomic E-state index is 0.474.